The SMILES string of the molecule is CC(C)(C)c1ccc(C(=O)N2CCCn3cccc3C2c2ccccc2Cl)cc1. The van der Waals surface area contributed by atoms with Crippen molar-refractivity contribution in [2.45, 2.75) is 45.2 Å². The van der Waals surface area contributed by atoms with Gasteiger partial charge >= 0.3 is 0 Å². The van der Waals surface area contributed by atoms with Crippen LogP contribution >= 0.6 is 11.6 Å². The number of fused-ring (bicyclic) bond motifs is 1. The fourth-order valence-corrected chi connectivity index (χ4v) is 4.34. The van der Waals surface area contributed by atoms with Crippen molar-refractivity contribution in [1.82, 2.24) is 9.47 Å². The quantitative estimate of drug-likeness (QED) is 0.506. The van der Waals surface area contributed by atoms with E-state index in [9.17, 15) is 4.79 Å². The highest BCUT2D eigenvalue weighted by molar-refractivity contribution is 6.31. The number of aromatic nitrogens is 1. The summed E-state index contributed by atoms with van der Waals surface area (Å²) < 4.78 is 2.24. The van der Waals surface area contributed by atoms with Crippen LogP contribution in [0.3, 0.4) is 0 Å². The molecule has 0 bridgehead atoms. The molecule has 0 saturated heterocycles. The molecule has 2 aromatic carbocycles. The molecule has 1 amide bonds. The lowest BCUT2D eigenvalue weighted by molar-refractivity contribution is 0.0709. The van der Waals surface area contributed by atoms with Crippen molar-refractivity contribution in [3.05, 3.63) is 94.3 Å². The lowest BCUT2D eigenvalue weighted by atomic mass is 9.86. The topological polar surface area (TPSA) is 25.2 Å². The minimum atomic E-state index is -0.198. The predicted molar refractivity (Wildman–Crippen MR) is 119 cm³/mol. The van der Waals surface area contributed by atoms with Crippen molar-refractivity contribution in [3.8, 4) is 0 Å². The van der Waals surface area contributed by atoms with Crippen molar-refractivity contribution >= 4 is 17.5 Å². The second-order valence-electron chi connectivity index (χ2n) is 8.73. The molecule has 0 aliphatic carbocycles. The van der Waals surface area contributed by atoms with Gasteiger partial charge in [0.15, 0.2) is 0 Å². The maximum absolute atomic E-state index is 13.6. The van der Waals surface area contributed by atoms with Gasteiger partial charge < -0.3 is 9.47 Å². The van der Waals surface area contributed by atoms with E-state index >= 15 is 0 Å². The Balaban J connectivity index is 1.76. The van der Waals surface area contributed by atoms with E-state index < -0.39 is 0 Å². The molecule has 3 aromatic rings. The average molecular weight is 407 g/mol. The lowest BCUT2D eigenvalue weighted by Gasteiger charge is -2.31. The summed E-state index contributed by atoms with van der Waals surface area (Å²) >= 11 is 6.58. The minimum absolute atomic E-state index is 0.0463. The van der Waals surface area contributed by atoms with Gasteiger partial charge in [0.05, 0.1) is 6.04 Å². The largest absolute Gasteiger partial charge is 0.349 e. The molecule has 0 N–H and O–H groups in total. The molecule has 4 heteroatoms. The number of hydrogen-bond acceptors (Lipinski definition) is 1. The second kappa shape index (κ2) is 7.72. The molecule has 0 spiro atoms. The Labute approximate surface area is 177 Å². The third-order valence-corrected chi connectivity index (χ3v) is 6.06. The first kappa shape index (κ1) is 19.8. The molecule has 2 heterocycles. The summed E-state index contributed by atoms with van der Waals surface area (Å²) in [5, 5.41) is 0.688. The fourth-order valence-electron chi connectivity index (χ4n) is 4.10. The van der Waals surface area contributed by atoms with Crippen molar-refractivity contribution in [2.75, 3.05) is 6.54 Å². The summed E-state index contributed by atoms with van der Waals surface area (Å²) in [5.41, 5.74) is 4.08. The van der Waals surface area contributed by atoms with E-state index in [0.717, 1.165) is 29.8 Å². The number of rotatable bonds is 2. The molecule has 29 heavy (non-hydrogen) atoms. The van der Waals surface area contributed by atoms with Gasteiger partial charge in [0.1, 0.15) is 0 Å². The molecule has 1 aromatic heterocycles. The monoisotopic (exact) mass is 406 g/mol. The van der Waals surface area contributed by atoms with E-state index in [4.69, 9.17) is 11.6 Å². The van der Waals surface area contributed by atoms with Crippen molar-refractivity contribution in [2.24, 2.45) is 0 Å². The third kappa shape index (κ3) is 3.84. The third-order valence-electron chi connectivity index (χ3n) is 5.71. The highest BCUT2D eigenvalue weighted by Crippen LogP contribution is 2.36. The molecule has 1 aliphatic rings. The van der Waals surface area contributed by atoms with Crippen LogP contribution in [-0.2, 0) is 12.0 Å². The molecule has 1 atom stereocenters. The summed E-state index contributed by atoms with van der Waals surface area (Å²) in [6.07, 6.45) is 3.00. The minimum Gasteiger partial charge on any atom is -0.349 e. The second-order valence-corrected chi connectivity index (χ2v) is 9.14. The van der Waals surface area contributed by atoms with Gasteiger partial charge in [-0.1, -0.05) is 62.7 Å². The van der Waals surface area contributed by atoms with Gasteiger partial charge in [-0.05, 0) is 53.3 Å². The molecular formula is C25H27ClN2O. The summed E-state index contributed by atoms with van der Waals surface area (Å²) in [6, 6.07) is 19.8. The highest BCUT2D eigenvalue weighted by Gasteiger charge is 2.32. The van der Waals surface area contributed by atoms with Crippen LogP contribution in [-0.4, -0.2) is 21.9 Å². The molecule has 150 valence electrons. The maximum atomic E-state index is 13.6. The van der Waals surface area contributed by atoms with Crippen LogP contribution < -0.4 is 0 Å². The summed E-state index contributed by atoms with van der Waals surface area (Å²) in [4.78, 5) is 15.6. The number of amides is 1. The van der Waals surface area contributed by atoms with E-state index in [1.807, 2.05) is 47.4 Å². The van der Waals surface area contributed by atoms with Gasteiger partial charge in [-0.25, -0.2) is 0 Å². The Morgan fingerprint density at radius 3 is 2.38 bits per heavy atom. The Hall–Kier alpha value is -2.52. The Kier molecular flexibility index (Phi) is 5.26. The first-order chi connectivity index (χ1) is 13.9. The number of nitrogens with zero attached hydrogens (tertiary/aromatic N) is 2. The molecular weight excluding hydrogens is 380 g/mol. The highest BCUT2D eigenvalue weighted by atomic mass is 35.5. The van der Waals surface area contributed by atoms with Crippen LogP contribution in [0.2, 0.25) is 5.02 Å². The summed E-state index contributed by atoms with van der Waals surface area (Å²) in [7, 11) is 0. The van der Waals surface area contributed by atoms with Gasteiger partial charge in [0, 0.05) is 35.6 Å². The maximum Gasteiger partial charge on any atom is 0.254 e. The normalized spacial score (nSPS) is 17.0. The summed E-state index contributed by atoms with van der Waals surface area (Å²) in [6.45, 7) is 8.13. The standard InChI is InChI=1S/C25H27ClN2O/c1-25(2,3)19-13-11-18(12-14-19)24(29)28-17-7-16-27-15-6-10-22(27)23(28)20-8-4-5-9-21(20)26/h4-6,8-15,23H,7,16-17H2,1-3H3. The van der Waals surface area contributed by atoms with Gasteiger partial charge in [-0.3, -0.25) is 4.79 Å². The predicted octanol–water partition coefficient (Wildman–Crippen LogP) is 6.07. The Morgan fingerprint density at radius 1 is 0.966 bits per heavy atom. The van der Waals surface area contributed by atoms with E-state index in [-0.39, 0.29) is 17.4 Å². The first-order valence-electron chi connectivity index (χ1n) is 10.2. The van der Waals surface area contributed by atoms with Crippen LogP contribution in [0.4, 0.5) is 0 Å². The number of hydrogen-bond donors (Lipinski definition) is 0. The molecule has 1 unspecified atom stereocenters. The lowest BCUT2D eigenvalue weighted by Crippen LogP contribution is -2.36. The molecule has 3 nitrogen and oxygen atoms in total. The van der Waals surface area contributed by atoms with Crippen LogP contribution in [0.1, 0.15) is 60.4 Å². The fraction of sp³-hybridized carbons (Fsp3) is 0.320. The van der Waals surface area contributed by atoms with E-state index in [1.165, 1.54) is 5.56 Å². The van der Waals surface area contributed by atoms with Crippen LogP contribution in [0.5, 0.6) is 0 Å². The number of carbonyl (C=O) groups is 1. The molecule has 4 rings (SSSR count). The first-order valence-corrected chi connectivity index (χ1v) is 10.5. The molecule has 0 saturated carbocycles. The Morgan fingerprint density at radius 2 is 1.69 bits per heavy atom. The van der Waals surface area contributed by atoms with E-state index in [2.05, 4.69) is 49.7 Å². The van der Waals surface area contributed by atoms with Gasteiger partial charge in [-0.15, -0.1) is 0 Å². The van der Waals surface area contributed by atoms with Crippen molar-refractivity contribution < 1.29 is 4.79 Å². The molecule has 1 aliphatic heterocycles. The van der Waals surface area contributed by atoms with Crippen molar-refractivity contribution in [1.29, 1.82) is 0 Å². The average Bonchev–Trinajstić information content (AvgIpc) is 3.08. The number of aryl methyl sites for hydroxylation is 1. The number of carbonyl (C=O) groups excluding carboxylic acids is 1. The van der Waals surface area contributed by atoms with Gasteiger partial charge in [0.2, 0.25) is 0 Å². The zero-order valence-corrected chi connectivity index (χ0v) is 18.0. The van der Waals surface area contributed by atoms with Gasteiger partial charge in [0.25, 0.3) is 5.91 Å². The van der Waals surface area contributed by atoms with E-state index in [0.29, 0.717) is 11.6 Å². The zero-order valence-electron chi connectivity index (χ0n) is 17.2. The van der Waals surface area contributed by atoms with Crippen LogP contribution in [0.25, 0.3) is 0 Å². The summed E-state index contributed by atoms with van der Waals surface area (Å²) in [5.74, 6) is 0.0463. The van der Waals surface area contributed by atoms with Crippen LogP contribution in [0, 0.1) is 0 Å². The van der Waals surface area contributed by atoms with Crippen molar-refractivity contribution in [3.63, 3.8) is 0 Å². The zero-order chi connectivity index (χ0) is 20.6. The molecule has 0 fully saturated rings. The number of halogens is 1. The van der Waals surface area contributed by atoms with E-state index in [1.54, 1.807) is 0 Å². The van der Waals surface area contributed by atoms with Gasteiger partial charge in [-0.2, -0.15) is 0 Å². The Bertz CT molecular complexity index is 1010. The van der Waals surface area contributed by atoms with Crippen LogP contribution in [0.15, 0.2) is 66.9 Å². The molecule has 0 radical (unpaired) electrons. The smallest absolute Gasteiger partial charge is 0.254 e. The number of benzene rings is 2.